The van der Waals surface area contributed by atoms with Crippen molar-refractivity contribution < 1.29 is 29.5 Å². The molecule has 3 fully saturated rings. The molecule has 2 aliphatic carbocycles. The first-order valence-electron chi connectivity index (χ1n) is 7.10. The van der Waals surface area contributed by atoms with E-state index in [2.05, 4.69) is 0 Å². The zero-order valence-electron chi connectivity index (χ0n) is 10.9. The molecular formula is C13H20O6. The number of hydrogen-bond donors (Lipinski definition) is 1. The molecule has 3 rings (SSSR count). The van der Waals surface area contributed by atoms with Gasteiger partial charge in [-0.05, 0) is 25.7 Å². The number of rotatable bonds is 1. The summed E-state index contributed by atoms with van der Waals surface area (Å²) in [6, 6.07) is 0. The quantitative estimate of drug-likeness (QED) is 0.739. The van der Waals surface area contributed by atoms with Crippen LogP contribution in [0.25, 0.3) is 0 Å². The number of carboxylic acids is 1. The van der Waals surface area contributed by atoms with Crippen molar-refractivity contribution in [2.24, 2.45) is 5.92 Å². The van der Waals surface area contributed by atoms with Gasteiger partial charge in [-0.25, -0.2) is 0 Å². The van der Waals surface area contributed by atoms with Crippen LogP contribution in [0.5, 0.6) is 0 Å². The second kappa shape index (κ2) is 5.01. The number of carbonyl (C=O) groups is 1. The fourth-order valence-electron chi connectivity index (χ4n) is 3.06. The third-order valence-electron chi connectivity index (χ3n) is 4.40. The molecule has 2 saturated carbocycles. The topological polar surface area (TPSA) is 74.2 Å². The van der Waals surface area contributed by atoms with Gasteiger partial charge >= 0.3 is 5.97 Å². The van der Waals surface area contributed by atoms with Crippen LogP contribution in [-0.2, 0) is 24.3 Å². The molecule has 1 heterocycles. The molecule has 2 spiro atoms. The molecule has 1 saturated heterocycles. The Morgan fingerprint density at radius 1 is 0.842 bits per heavy atom. The summed E-state index contributed by atoms with van der Waals surface area (Å²) in [6.07, 6.45) is 6.84. The van der Waals surface area contributed by atoms with Crippen LogP contribution in [0.1, 0.15) is 57.8 Å². The first-order valence-corrected chi connectivity index (χ1v) is 7.10. The van der Waals surface area contributed by atoms with Gasteiger partial charge in [0.15, 0.2) is 0 Å². The molecule has 0 atom stereocenters. The Balaban J connectivity index is 1.56. The predicted octanol–water partition coefficient (Wildman–Crippen LogP) is 2.53. The van der Waals surface area contributed by atoms with Crippen molar-refractivity contribution in [2.45, 2.75) is 69.4 Å². The molecule has 108 valence electrons. The van der Waals surface area contributed by atoms with Crippen LogP contribution in [0.2, 0.25) is 0 Å². The van der Waals surface area contributed by atoms with Gasteiger partial charge in [0.1, 0.15) is 0 Å². The molecule has 0 unspecified atom stereocenters. The predicted molar refractivity (Wildman–Crippen MR) is 62.5 cm³/mol. The van der Waals surface area contributed by atoms with Crippen molar-refractivity contribution >= 4 is 5.97 Å². The number of aliphatic carboxylic acids is 1. The molecule has 1 aliphatic heterocycles. The Labute approximate surface area is 111 Å². The maximum atomic E-state index is 10.9. The van der Waals surface area contributed by atoms with E-state index in [1.807, 2.05) is 0 Å². The van der Waals surface area contributed by atoms with Crippen LogP contribution in [0.4, 0.5) is 0 Å². The van der Waals surface area contributed by atoms with E-state index in [4.69, 9.17) is 24.7 Å². The second-order valence-corrected chi connectivity index (χ2v) is 5.83. The summed E-state index contributed by atoms with van der Waals surface area (Å²) in [5, 5.41) is 8.98. The molecule has 3 aliphatic rings. The fourth-order valence-corrected chi connectivity index (χ4v) is 3.06. The van der Waals surface area contributed by atoms with Gasteiger partial charge in [-0.3, -0.25) is 4.79 Å². The molecule has 0 bridgehead atoms. The van der Waals surface area contributed by atoms with Gasteiger partial charge in [0.25, 0.3) is 0 Å². The van der Waals surface area contributed by atoms with Crippen molar-refractivity contribution in [1.82, 2.24) is 0 Å². The molecule has 1 N–H and O–H groups in total. The van der Waals surface area contributed by atoms with Crippen molar-refractivity contribution in [2.75, 3.05) is 0 Å². The molecule has 0 aromatic carbocycles. The third-order valence-corrected chi connectivity index (χ3v) is 4.40. The molecule has 0 radical (unpaired) electrons. The summed E-state index contributed by atoms with van der Waals surface area (Å²) in [7, 11) is 0. The van der Waals surface area contributed by atoms with Crippen LogP contribution >= 0.6 is 0 Å². The van der Waals surface area contributed by atoms with Crippen LogP contribution in [0.15, 0.2) is 0 Å². The highest BCUT2D eigenvalue weighted by Crippen LogP contribution is 2.44. The number of carboxylic acid groups (broad SMARTS) is 1. The van der Waals surface area contributed by atoms with Gasteiger partial charge in [-0.2, -0.15) is 19.6 Å². The molecule has 19 heavy (non-hydrogen) atoms. The SMILES string of the molecule is O=C(O)C1CCC2(CC1)OOC1(CCCCC1)OO2. The Morgan fingerprint density at radius 3 is 1.79 bits per heavy atom. The van der Waals surface area contributed by atoms with Gasteiger partial charge < -0.3 is 5.11 Å². The molecule has 0 aromatic rings. The highest BCUT2D eigenvalue weighted by Gasteiger charge is 2.51. The average Bonchev–Trinajstić information content (AvgIpc) is 2.44. The van der Waals surface area contributed by atoms with Crippen LogP contribution in [0.3, 0.4) is 0 Å². The minimum Gasteiger partial charge on any atom is -0.481 e. The van der Waals surface area contributed by atoms with E-state index in [-0.39, 0.29) is 5.92 Å². The lowest BCUT2D eigenvalue weighted by molar-refractivity contribution is -0.662. The molecule has 0 aromatic heterocycles. The lowest BCUT2D eigenvalue weighted by atomic mass is 9.85. The summed E-state index contributed by atoms with van der Waals surface area (Å²) in [5.41, 5.74) is 0. The fraction of sp³-hybridized carbons (Fsp3) is 0.923. The lowest BCUT2D eigenvalue weighted by Gasteiger charge is -2.46. The summed E-state index contributed by atoms with van der Waals surface area (Å²) in [5.74, 6) is -2.72. The standard InChI is InChI=1S/C13H20O6/c14-11(15)10-4-8-13(9-5-10)18-16-12(17-19-13)6-2-1-3-7-12/h10H,1-9H2,(H,14,15). The van der Waals surface area contributed by atoms with Gasteiger partial charge in [0.2, 0.25) is 11.6 Å². The highest BCUT2D eigenvalue weighted by atomic mass is 17.4. The molecule has 6 heteroatoms. The Kier molecular flexibility index (Phi) is 3.51. The van der Waals surface area contributed by atoms with Crippen molar-refractivity contribution in [3.05, 3.63) is 0 Å². The van der Waals surface area contributed by atoms with Gasteiger partial charge in [-0.1, -0.05) is 6.42 Å². The lowest BCUT2D eigenvalue weighted by Crippen LogP contribution is -2.53. The highest BCUT2D eigenvalue weighted by molar-refractivity contribution is 5.70. The maximum Gasteiger partial charge on any atom is 0.306 e. The minimum atomic E-state index is -0.908. The van der Waals surface area contributed by atoms with E-state index < -0.39 is 17.5 Å². The van der Waals surface area contributed by atoms with Crippen molar-refractivity contribution in [3.8, 4) is 0 Å². The van der Waals surface area contributed by atoms with E-state index in [1.54, 1.807) is 0 Å². The van der Waals surface area contributed by atoms with Crippen LogP contribution in [-0.4, -0.2) is 22.7 Å². The molecule has 0 amide bonds. The first-order chi connectivity index (χ1) is 9.13. The molecular weight excluding hydrogens is 252 g/mol. The largest absolute Gasteiger partial charge is 0.481 e. The average molecular weight is 272 g/mol. The van der Waals surface area contributed by atoms with Gasteiger partial charge in [0, 0.05) is 25.7 Å². The summed E-state index contributed by atoms with van der Waals surface area (Å²) < 4.78 is 0. The first kappa shape index (κ1) is 13.3. The van der Waals surface area contributed by atoms with Crippen molar-refractivity contribution in [1.29, 1.82) is 0 Å². The smallest absolute Gasteiger partial charge is 0.306 e. The Bertz CT molecular complexity index is 329. The van der Waals surface area contributed by atoms with Crippen LogP contribution < -0.4 is 0 Å². The minimum absolute atomic E-state index is 0.316. The van der Waals surface area contributed by atoms with E-state index in [1.165, 1.54) is 6.42 Å². The van der Waals surface area contributed by atoms with E-state index in [0.29, 0.717) is 25.7 Å². The summed E-state index contributed by atoms with van der Waals surface area (Å²) in [6.45, 7) is 0. The third kappa shape index (κ3) is 2.63. The number of hydrogen-bond acceptors (Lipinski definition) is 5. The Hall–Kier alpha value is -0.690. The van der Waals surface area contributed by atoms with E-state index in [0.717, 1.165) is 25.7 Å². The van der Waals surface area contributed by atoms with E-state index in [9.17, 15) is 4.79 Å². The molecule has 6 nitrogen and oxygen atoms in total. The normalized spacial score (nSPS) is 30.5. The summed E-state index contributed by atoms with van der Waals surface area (Å²) in [4.78, 5) is 32.9. The zero-order chi connectivity index (χ0) is 13.3. The zero-order valence-corrected chi connectivity index (χ0v) is 10.9. The summed E-state index contributed by atoms with van der Waals surface area (Å²) >= 11 is 0. The van der Waals surface area contributed by atoms with Gasteiger partial charge in [-0.15, -0.1) is 0 Å². The Morgan fingerprint density at radius 2 is 1.32 bits per heavy atom. The maximum absolute atomic E-state index is 10.9. The van der Waals surface area contributed by atoms with Gasteiger partial charge in [0.05, 0.1) is 5.92 Å². The second-order valence-electron chi connectivity index (χ2n) is 5.83. The van der Waals surface area contributed by atoms with Crippen molar-refractivity contribution in [3.63, 3.8) is 0 Å². The van der Waals surface area contributed by atoms with Crippen LogP contribution in [0, 0.1) is 5.92 Å². The monoisotopic (exact) mass is 272 g/mol. The van der Waals surface area contributed by atoms with E-state index >= 15 is 0 Å².